The van der Waals surface area contributed by atoms with Crippen LogP contribution in [-0.4, -0.2) is 48.4 Å². The van der Waals surface area contributed by atoms with Gasteiger partial charge in [-0.25, -0.2) is 18.1 Å². The number of hydrogen-bond donors (Lipinski definition) is 2. The first-order valence-electron chi connectivity index (χ1n) is 8.33. The van der Waals surface area contributed by atoms with E-state index in [0.717, 1.165) is 41.5 Å². The van der Waals surface area contributed by atoms with Crippen LogP contribution in [0.1, 0.15) is 46.9 Å². The van der Waals surface area contributed by atoms with E-state index < -0.39 is 10.0 Å². The van der Waals surface area contributed by atoms with Crippen molar-refractivity contribution >= 4 is 27.0 Å². The number of nitrogens with one attached hydrogen (secondary N) is 2. The molecule has 1 amide bonds. The number of hydrogen-bond acceptors (Lipinski definition) is 5. The fourth-order valence-corrected chi connectivity index (χ4v) is 3.39. The number of amides is 1. The van der Waals surface area contributed by atoms with Crippen LogP contribution in [0.5, 0.6) is 0 Å². The Hall–Kier alpha value is -2.00. The van der Waals surface area contributed by atoms with E-state index in [1.165, 1.54) is 0 Å². The number of aromatic nitrogens is 3. The third-order valence-electron chi connectivity index (χ3n) is 4.23. The number of carbonyl (C=O) groups is 1. The highest BCUT2D eigenvalue weighted by molar-refractivity contribution is 7.88. The molecule has 0 aromatic carbocycles. The minimum Gasteiger partial charge on any atom is -0.352 e. The van der Waals surface area contributed by atoms with E-state index in [-0.39, 0.29) is 5.91 Å². The Balaban J connectivity index is 1.76. The second kappa shape index (κ2) is 6.72. The summed E-state index contributed by atoms with van der Waals surface area (Å²) in [5, 5.41) is 8.03. The molecule has 0 atom stereocenters. The lowest BCUT2D eigenvalue weighted by Gasteiger charge is -2.09. The highest BCUT2D eigenvalue weighted by atomic mass is 32.2. The quantitative estimate of drug-likeness (QED) is 0.707. The highest BCUT2D eigenvalue weighted by Gasteiger charge is 2.28. The number of sulfonamides is 1. The van der Waals surface area contributed by atoms with E-state index in [0.29, 0.717) is 31.0 Å². The SMILES string of the molecule is Cc1nn(C)c2nc(C3CC3)cc(C(=O)NCCCNS(C)(=O)=O)c12. The van der Waals surface area contributed by atoms with Gasteiger partial charge >= 0.3 is 0 Å². The Morgan fingerprint density at radius 3 is 2.72 bits per heavy atom. The second-order valence-corrected chi connectivity index (χ2v) is 8.39. The van der Waals surface area contributed by atoms with Crippen LogP contribution in [-0.2, 0) is 17.1 Å². The maximum atomic E-state index is 12.7. The summed E-state index contributed by atoms with van der Waals surface area (Å²) in [4.78, 5) is 17.3. The van der Waals surface area contributed by atoms with Gasteiger partial charge in [0.2, 0.25) is 10.0 Å². The van der Waals surface area contributed by atoms with E-state index in [4.69, 9.17) is 0 Å². The summed E-state index contributed by atoms with van der Waals surface area (Å²) in [5.74, 6) is 0.259. The van der Waals surface area contributed by atoms with E-state index in [2.05, 4.69) is 20.1 Å². The molecule has 0 aliphatic heterocycles. The summed E-state index contributed by atoms with van der Waals surface area (Å²) >= 11 is 0. The van der Waals surface area contributed by atoms with E-state index in [1.54, 1.807) is 4.68 Å². The fraction of sp³-hybridized carbons (Fsp3) is 0.562. The van der Waals surface area contributed by atoms with Gasteiger partial charge in [0.25, 0.3) is 5.91 Å². The Morgan fingerprint density at radius 1 is 1.36 bits per heavy atom. The molecule has 2 aromatic rings. The summed E-state index contributed by atoms with van der Waals surface area (Å²) in [6.07, 6.45) is 3.85. The van der Waals surface area contributed by atoms with Gasteiger partial charge in [-0.3, -0.25) is 9.48 Å². The zero-order valence-electron chi connectivity index (χ0n) is 14.7. The zero-order chi connectivity index (χ0) is 18.2. The molecule has 2 aromatic heterocycles. The molecule has 1 aliphatic rings. The Labute approximate surface area is 147 Å². The van der Waals surface area contributed by atoms with E-state index in [9.17, 15) is 13.2 Å². The summed E-state index contributed by atoms with van der Waals surface area (Å²) in [7, 11) is -1.37. The molecule has 0 unspecified atom stereocenters. The predicted molar refractivity (Wildman–Crippen MR) is 95.0 cm³/mol. The highest BCUT2D eigenvalue weighted by Crippen LogP contribution is 2.40. The Morgan fingerprint density at radius 2 is 2.08 bits per heavy atom. The first kappa shape index (κ1) is 17.8. The molecule has 1 fully saturated rings. The van der Waals surface area contributed by atoms with Crippen molar-refractivity contribution in [2.75, 3.05) is 19.3 Å². The van der Waals surface area contributed by atoms with Crippen LogP contribution < -0.4 is 10.0 Å². The van der Waals surface area contributed by atoms with Crippen LogP contribution in [0.15, 0.2) is 6.07 Å². The number of aryl methyl sites for hydroxylation is 2. The lowest BCUT2D eigenvalue weighted by Crippen LogP contribution is -2.29. The zero-order valence-corrected chi connectivity index (χ0v) is 15.5. The van der Waals surface area contributed by atoms with Crippen molar-refractivity contribution < 1.29 is 13.2 Å². The fourth-order valence-electron chi connectivity index (χ4n) is 2.87. The van der Waals surface area contributed by atoms with Crippen LogP contribution in [0.4, 0.5) is 0 Å². The molecular weight excluding hydrogens is 342 g/mol. The van der Waals surface area contributed by atoms with Crippen LogP contribution in [0.3, 0.4) is 0 Å². The summed E-state index contributed by atoms with van der Waals surface area (Å²) in [5.41, 5.74) is 3.04. The summed E-state index contributed by atoms with van der Waals surface area (Å²) in [6.45, 7) is 2.56. The van der Waals surface area contributed by atoms with Gasteiger partial charge in [-0.2, -0.15) is 5.10 Å². The van der Waals surface area contributed by atoms with Crippen LogP contribution in [0.2, 0.25) is 0 Å². The molecule has 3 rings (SSSR count). The Kier molecular flexibility index (Phi) is 4.79. The number of pyridine rings is 1. The van der Waals surface area contributed by atoms with Crippen molar-refractivity contribution in [3.63, 3.8) is 0 Å². The van der Waals surface area contributed by atoms with Gasteiger partial charge in [-0.15, -0.1) is 0 Å². The topological polar surface area (TPSA) is 106 Å². The molecule has 136 valence electrons. The van der Waals surface area contributed by atoms with Gasteiger partial charge in [0.05, 0.1) is 22.9 Å². The molecule has 0 radical (unpaired) electrons. The van der Waals surface area contributed by atoms with E-state index in [1.807, 2.05) is 20.0 Å². The lowest BCUT2D eigenvalue weighted by atomic mass is 10.1. The van der Waals surface area contributed by atoms with Crippen molar-refractivity contribution in [2.24, 2.45) is 7.05 Å². The number of nitrogens with zero attached hydrogens (tertiary/aromatic N) is 3. The van der Waals surface area contributed by atoms with Gasteiger partial charge < -0.3 is 5.32 Å². The maximum absolute atomic E-state index is 12.7. The molecule has 1 saturated carbocycles. The standard InChI is InChI=1S/C16H23N5O3S/c1-10-14-12(16(22)17-7-4-8-18-25(3,23)24)9-13(11-5-6-11)19-15(14)21(2)20-10/h9,11,18H,4-8H2,1-3H3,(H,17,22). The van der Waals surface area contributed by atoms with Gasteiger partial charge in [0, 0.05) is 31.7 Å². The normalized spacial score (nSPS) is 14.8. The van der Waals surface area contributed by atoms with Crippen molar-refractivity contribution in [1.82, 2.24) is 24.8 Å². The lowest BCUT2D eigenvalue weighted by molar-refractivity contribution is 0.0955. The summed E-state index contributed by atoms with van der Waals surface area (Å²) in [6, 6.07) is 1.87. The largest absolute Gasteiger partial charge is 0.352 e. The summed E-state index contributed by atoms with van der Waals surface area (Å²) < 4.78 is 26.2. The molecule has 2 heterocycles. The number of carbonyl (C=O) groups excluding carboxylic acids is 1. The van der Waals surface area contributed by atoms with Crippen LogP contribution >= 0.6 is 0 Å². The molecule has 0 bridgehead atoms. The van der Waals surface area contributed by atoms with Gasteiger partial charge in [-0.05, 0) is 32.3 Å². The third-order valence-corrected chi connectivity index (χ3v) is 4.96. The predicted octanol–water partition coefficient (Wildman–Crippen LogP) is 0.823. The van der Waals surface area contributed by atoms with Crippen molar-refractivity contribution in [1.29, 1.82) is 0 Å². The van der Waals surface area contributed by atoms with Crippen molar-refractivity contribution in [2.45, 2.75) is 32.1 Å². The van der Waals surface area contributed by atoms with Gasteiger partial charge in [0.15, 0.2) is 5.65 Å². The smallest absolute Gasteiger partial charge is 0.252 e. The number of rotatable bonds is 7. The molecule has 25 heavy (non-hydrogen) atoms. The first-order chi connectivity index (χ1) is 11.8. The van der Waals surface area contributed by atoms with Crippen molar-refractivity contribution in [3.8, 4) is 0 Å². The second-order valence-electron chi connectivity index (χ2n) is 6.55. The number of fused-ring (bicyclic) bond motifs is 1. The minimum atomic E-state index is -3.20. The maximum Gasteiger partial charge on any atom is 0.252 e. The Bertz CT molecular complexity index is 915. The molecule has 1 aliphatic carbocycles. The molecule has 8 nitrogen and oxygen atoms in total. The molecule has 0 spiro atoms. The van der Waals surface area contributed by atoms with Crippen LogP contribution in [0, 0.1) is 6.92 Å². The minimum absolute atomic E-state index is 0.176. The molecule has 9 heteroatoms. The molecule has 2 N–H and O–H groups in total. The van der Waals surface area contributed by atoms with Gasteiger partial charge in [0.1, 0.15) is 0 Å². The third kappa shape index (κ3) is 4.16. The first-order valence-corrected chi connectivity index (χ1v) is 10.2. The van der Waals surface area contributed by atoms with E-state index >= 15 is 0 Å². The average molecular weight is 365 g/mol. The van der Waals surface area contributed by atoms with Crippen LogP contribution in [0.25, 0.3) is 11.0 Å². The monoisotopic (exact) mass is 365 g/mol. The molecular formula is C16H23N5O3S. The average Bonchev–Trinajstić information content (AvgIpc) is 3.32. The van der Waals surface area contributed by atoms with Crippen molar-refractivity contribution in [3.05, 3.63) is 23.0 Å². The van der Waals surface area contributed by atoms with Gasteiger partial charge in [-0.1, -0.05) is 0 Å². The molecule has 0 saturated heterocycles.